The topological polar surface area (TPSA) is 76.8 Å². The van der Waals surface area contributed by atoms with Gasteiger partial charge in [0.25, 0.3) is 0 Å². The van der Waals surface area contributed by atoms with Crippen LogP contribution in [0, 0.1) is 41.5 Å². The van der Waals surface area contributed by atoms with Crippen LogP contribution in [0.25, 0.3) is 74.4 Å². The number of H-pyrrole nitrogens is 3. The number of hydrogen-bond acceptors (Lipinski definition) is 4. The molecule has 0 spiro atoms. The number of aromatic amines is 3. The number of aryl methyl sites for hydroxylation is 8. The summed E-state index contributed by atoms with van der Waals surface area (Å²) in [7, 11) is 0. The molecule has 6 heterocycles. The molecule has 0 radical (unpaired) electrons. The maximum Gasteiger partial charge on any atom is 0.166 e. The van der Waals surface area contributed by atoms with Crippen molar-refractivity contribution >= 4 is 97.8 Å². The van der Waals surface area contributed by atoms with Crippen LogP contribution in [-0.2, 0) is 23.7 Å². The number of carbonyl (C=O) groups excluding carboxylic acids is 1. The highest BCUT2D eigenvalue weighted by molar-refractivity contribution is 7.26. The van der Waals surface area contributed by atoms with E-state index in [-0.39, 0.29) is 10.8 Å². The van der Waals surface area contributed by atoms with Crippen molar-refractivity contribution in [1.82, 2.24) is 15.0 Å². The second-order valence-corrected chi connectivity index (χ2v) is 24.8. The Morgan fingerprint density at radius 3 is 1.69 bits per heavy atom. The van der Waals surface area contributed by atoms with Crippen LogP contribution in [0.5, 0.6) is 0 Å². The summed E-state index contributed by atoms with van der Waals surface area (Å²) in [5.41, 5.74) is 25.7. The first-order chi connectivity index (χ1) is 35.8. The van der Waals surface area contributed by atoms with Crippen LogP contribution in [-0.4, -0.2) is 26.9 Å². The van der Waals surface area contributed by atoms with Gasteiger partial charge in [0, 0.05) is 65.1 Å². The van der Waals surface area contributed by atoms with Gasteiger partial charge in [-0.2, -0.15) is 0 Å². The summed E-state index contributed by atoms with van der Waals surface area (Å²) in [4.78, 5) is 27.3. The van der Waals surface area contributed by atoms with Gasteiger partial charge >= 0.3 is 0 Å². The highest BCUT2D eigenvalue weighted by atomic mass is 32.1. The lowest BCUT2D eigenvalue weighted by Gasteiger charge is -2.22. The van der Waals surface area contributed by atoms with Crippen molar-refractivity contribution in [2.24, 2.45) is 4.99 Å². The fraction of sp³-hybridized carbons (Fsp3) is 0.265. The zero-order valence-corrected chi connectivity index (χ0v) is 47.8. The predicted octanol–water partition coefficient (Wildman–Crippen LogP) is 19.3. The second-order valence-electron chi connectivity index (χ2n) is 22.7. The summed E-state index contributed by atoms with van der Waals surface area (Å²) < 4.78 is 5.51. The van der Waals surface area contributed by atoms with Gasteiger partial charge in [-0.1, -0.05) is 151 Å². The zero-order chi connectivity index (χ0) is 53.2. The van der Waals surface area contributed by atoms with Crippen molar-refractivity contribution in [3.63, 3.8) is 0 Å². The Morgan fingerprint density at radius 2 is 1.11 bits per heavy atom. The van der Waals surface area contributed by atoms with E-state index >= 15 is 0 Å². The maximum absolute atomic E-state index is 11.5. The Hall–Kier alpha value is -7.06. The van der Waals surface area contributed by atoms with E-state index in [1.165, 1.54) is 124 Å². The molecule has 0 unspecified atom stereocenters. The van der Waals surface area contributed by atoms with Gasteiger partial charge in [-0.25, -0.2) is 4.99 Å². The molecule has 0 bridgehead atoms. The Labute approximate surface area is 450 Å². The molecule has 380 valence electrons. The number of fused-ring (bicyclic) bond motifs is 8. The first kappa shape index (κ1) is 51.4. The lowest BCUT2D eigenvalue weighted by molar-refractivity contribution is 0.112. The zero-order valence-electron chi connectivity index (χ0n) is 46.2. The summed E-state index contributed by atoms with van der Waals surface area (Å²) in [5, 5.41) is 4.77. The summed E-state index contributed by atoms with van der Waals surface area (Å²) in [6.07, 6.45) is 7.40. The van der Waals surface area contributed by atoms with E-state index in [1.54, 1.807) is 0 Å². The number of nitrogens with zero attached hydrogens (tertiary/aromatic N) is 1. The Kier molecular flexibility index (Phi) is 13.6. The Bertz CT molecular complexity index is 4040. The first-order valence-corrected chi connectivity index (χ1v) is 28.1. The molecule has 7 heteroatoms. The fourth-order valence-corrected chi connectivity index (χ4v) is 13.6. The Balaban J connectivity index is 0.000000143. The van der Waals surface area contributed by atoms with Crippen molar-refractivity contribution in [2.45, 2.75) is 121 Å². The number of benzene rings is 6. The third-order valence-electron chi connectivity index (χ3n) is 15.1. The Morgan fingerprint density at radius 1 is 0.547 bits per heavy atom. The maximum atomic E-state index is 11.5. The number of aromatic nitrogens is 3. The van der Waals surface area contributed by atoms with E-state index in [0.717, 1.165) is 47.0 Å². The molecular formula is C68H70N4OS2. The van der Waals surface area contributed by atoms with Gasteiger partial charge in [-0.3, -0.25) is 4.79 Å². The van der Waals surface area contributed by atoms with Crippen molar-refractivity contribution in [3.8, 4) is 11.3 Å². The average molecular weight is 1020 g/mol. The van der Waals surface area contributed by atoms with Gasteiger partial charge in [0.15, 0.2) is 6.29 Å². The van der Waals surface area contributed by atoms with Crippen LogP contribution in [0.4, 0.5) is 0 Å². The van der Waals surface area contributed by atoms with Crippen molar-refractivity contribution in [2.75, 3.05) is 0 Å². The van der Waals surface area contributed by atoms with Gasteiger partial charge in [0.1, 0.15) is 0 Å². The molecule has 75 heavy (non-hydrogen) atoms. The molecular weight excluding hydrogens is 953 g/mol. The van der Waals surface area contributed by atoms with Crippen LogP contribution in [0.2, 0.25) is 0 Å². The minimum atomic E-state index is 0.117. The lowest BCUT2D eigenvalue weighted by atomic mass is 9.82. The number of rotatable bonds is 6. The van der Waals surface area contributed by atoms with Crippen LogP contribution >= 0.6 is 22.7 Å². The van der Waals surface area contributed by atoms with Gasteiger partial charge in [-0.15, -0.1) is 22.7 Å². The van der Waals surface area contributed by atoms with Crippen LogP contribution in [0.3, 0.4) is 0 Å². The van der Waals surface area contributed by atoms with E-state index in [0.29, 0.717) is 5.69 Å². The molecule has 12 rings (SSSR count). The molecule has 5 nitrogen and oxygen atoms in total. The van der Waals surface area contributed by atoms with Crippen molar-refractivity contribution < 1.29 is 4.79 Å². The standard InChI is InChI=1S/C34H34N2S.C22H25NO.C12H11NS/c1-8-23-27(36-32-25-11-9-10-12-29(25)37-33(23)32)18-28-24-14-13-19(2)15-26(24)31(35-28)30-20(3)16-22(17-21(30)4)34(5,6)7;1-13-7-8-17-18(9-13)21(23-19(17)12-24)20-14(2)10-16(11-15(20)3)22(4,5)6;1-2-8-7-13-11-9-5-3-4-6-10(9)14-12(8)11/h9-18,36H,8H2,1-7H3;7-12,23H,1-6H3;3-7,13H,2H2,1H3. The summed E-state index contributed by atoms with van der Waals surface area (Å²) >= 11 is 3.78. The molecule has 5 aromatic heterocycles. The van der Waals surface area contributed by atoms with Gasteiger partial charge in [0.05, 0.1) is 43.2 Å². The summed E-state index contributed by atoms with van der Waals surface area (Å²) in [5.74, 6) is 0. The normalized spacial score (nSPS) is 13.2. The van der Waals surface area contributed by atoms with Gasteiger partial charge < -0.3 is 15.0 Å². The number of aldehydes is 1. The largest absolute Gasteiger partial charge is 0.360 e. The summed E-state index contributed by atoms with van der Waals surface area (Å²) in [6.45, 7) is 31.0. The fourth-order valence-electron chi connectivity index (χ4n) is 11.1. The van der Waals surface area contributed by atoms with Crippen LogP contribution in [0.15, 0.2) is 120 Å². The molecule has 0 aliphatic carbocycles. The third-order valence-corrected chi connectivity index (χ3v) is 17.6. The van der Waals surface area contributed by atoms with E-state index in [2.05, 4.69) is 227 Å². The number of hydrogen-bond donors (Lipinski definition) is 3. The van der Waals surface area contributed by atoms with Gasteiger partial charge in [0.2, 0.25) is 0 Å². The highest BCUT2D eigenvalue weighted by Crippen LogP contribution is 2.42. The lowest BCUT2D eigenvalue weighted by Crippen LogP contribution is -2.14. The molecule has 0 saturated heterocycles. The molecule has 0 amide bonds. The molecule has 1 aliphatic heterocycles. The summed E-state index contributed by atoms with van der Waals surface area (Å²) in [6, 6.07) is 39.5. The van der Waals surface area contributed by atoms with E-state index in [1.807, 2.05) is 28.7 Å². The first-order valence-electron chi connectivity index (χ1n) is 26.5. The number of nitrogens with one attached hydrogen (secondary N) is 3. The average Bonchev–Trinajstić information content (AvgIpc) is 4.22. The minimum absolute atomic E-state index is 0.117. The van der Waals surface area contributed by atoms with Crippen LogP contribution < -0.4 is 0 Å². The van der Waals surface area contributed by atoms with E-state index in [4.69, 9.17) is 4.99 Å². The SMILES string of the molecule is CCc1c(C=C2N=C(c3c(C)cc(C(C)(C)C)cc3C)c3cc(C)ccc32)[nH]c2c1sc1ccccc12.CCc1c[nH]c2c1sc1ccccc12.Cc1ccc2c(C=O)[nH]c(-c3c(C)cc(C(C)(C)C)cc3C)c2c1. The highest BCUT2D eigenvalue weighted by Gasteiger charge is 2.27. The van der Waals surface area contributed by atoms with Crippen molar-refractivity contribution in [1.29, 1.82) is 0 Å². The quantitative estimate of drug-likeness (QED) is 0.143. The number of thiophene rings is 2. The van der Waals surface area contributed by atoms with Gasteiger partial charge in [-0.05, 0) is 140 Å². The van der Waals surface area contributed by atoms with E-state index < -0.39 is 0 Å². The predicted molar refractivity (Wildman–Crippen MR) is 327 cm³/mol. The molecule has 6 aromatic carbocycles. The molecule has 11 aromatic rings. The van der Waals surface area contributed by atoms with E-state index in [9.17, 15) is 4.79 Å². The third kappa shape index (κ3) is 9.55. The molecule has 1 aliphatic rings. The molecule has 0 fully saturated rings. The second kappa shape index (κ2) is 19.9. The number of aliphatic imine (C=N–C) groups is 1. The smallest absolute Gasteiger partial charge is 0.166 e. The monoisotopic (exact) mass is 1020 g/mol. The van der Waals surface area contributed by atoms with Crippen molar-refractivity contribution in [3.05, 3.63) is 199 Å². The molecule has 3 N–H and O–H groups in total. The van der Waals surface area contributed by atoms with Crippen LogP contribution in [0.1, 0.15) is 144 Å². The molecule has 0 saturated carbocycles. The molecule has 0 atom stereocenters. The number of carbonyl (C=O) groups is 1. The minimum Gasteiger partial charge on any atom is -0.360 e.